The fourth-order valence-corrected chi connectivity index (χ4v) is 3.26. The van der Waals surface area contributed by atoms with E-state index < -0.39 is 0 Å². The van der Waals surface area contributed by atoms with Crippen molar-refractivity contribution in [3.63, 3.8) is 0 Å². The van der Waals surface area contributed by atoms with Crippen molar-refractivity contribution in [3.05, 3.63) is 64.6 Å². The van der Waals surface area contributed by atoms with Gasteiger partial charge in [0.25, 0.3) is 0 Å². The van der Waals surface area contributed by atoms with Crippen LogP contribution in [0, 0.1) is 25.2 Å². The molecule has 0 aliphatic carbocycles. The molecule has 4 N–H and O–H groups in total. The van der Waals surface area contributed by atoms with Crippen LogP contribution in [0.25, 0.3) is 21.9 Å². The van der Waals surface area contributed by atoms with E-state index in [1.165, 1.54) is 34.5 Å². The van der Waals surface area contributed by atoms with Crippen molar-refractivity contribution in [1.82, 2.24) is 15.0 Å². The molecule has 2 aromatic carbocycles. The van der Waals surface area contributed by atoms with E-state index in [1.54, 1.807) is 6.07 Å². The summed E-state index contributed by atoms with van der Waals surface area (Å²) in [5, 5.41) is 10.3. The summed E-state index contributed by atoms with van der Waals surface area (Å²) in [7, 11) is 0. The summed E-state index contributed by atoms with van der Waals surface area (Å²) in [6, 6.07) is 12.0. The van der Waals surface area contributed by atoms with Crippen LogP contribution in [0.15, 0.2) is 36.5 Å². The highest BCUT2D eigenvalue weighted by molar-refractivity contribution is 5.87. The molecule has 4 rings (SSSR count). The lowest BCUT2D eigenvalue weighted by Gasteiger charge is -2.08. The summed E-state index contributed by atoms with van der Waals surface area (Å²) in [6.45, 7) is 5.57. The summed E-state index contributed by atoms with van der Waals surface area (Å²) in [4.78, 5) is 20.5. The van der Waals surface area contributed by atoms with Crippen LogP contribution in [-0.2, 0) is 11.2 Å². The van der Waals surface area contributed by atoms with Gasteiger partial charge in [0, 0.05) is 30.4 Å². The number of rotatable bonds is 2. The molecule has 0 saturated heterocycles. The molecule has 0 radical (unpaired) electrons. The van der Waals surface area contributed by atoms with Crippen molar-refractivity contribution in [2.75, 3.05) is 0 Å². The molecule has 0 unspecified atom stereocenters. The smallest absolute Gasteiger partial charge is 0.214 e. The van der Waals surface area contributed by atoms with E-state index in [9.17, 15) is 4.79 Å². The van der Waals surface area contributed by atoms with Gasteiger partial charge in [-0.25, -0.2) is 4.98 Å². The number of primary amides is 1. The number of carbonyl (C=O) groups excluding carboxylic acids is 1. The Morgan fingerprint density at radius 3 is 2.67 bits per heavy atom. The lowest BCUT2D eigenvalue weighted by molar-refractivity contribution is -0.115. The normalized spacial score (nSPS) is 10.4. The van der Waals surface area contributed by atoms with Crippen molar-refractivity contribution in [2.45, 2.75) is 27.2 Å². The molecular weight excluding hydrogens is 338 g/mol. The fourth-order valence-electron chi connectivity index (χ4n) is 3.26. The second kappa shape index (κ2) is 7.34. The average Bonchev–Trinajstić information content (AvgIpc) is 3.24. The van der Waals surface area contributed by atoms with Gasteiger partial charge in [-0.05, 0) is 54.8 Å². The first-order valence-corrected chi connectivity index (χ1v) is 8.60. The predicted octanol–water partition coefficient (Wildman–Crippen LogP) is 3.62. The van der Waals surface area contributed by atoms with Gasteiger partial charge in [0.05, 0.1) is 22.7 Å². The summed E-state index contributed by atoms with van der Waals surface area (Å²) >= 11 is 0. The number of hydrogen-bond donors (Lipinski definition) is 3. The molecule has 1 amide bonds. The number of imidazole rings is 1. The molecule has 0 fully saturated rings. The fraction of sp³-hybridized carbons (Fsp3) is 0.190. The molecule has 6 heteroatoms. The van der Waals surface area contributed by atoms with Crippen molar-refractivity contribution in [2.24, 2.45) is 5.73 Å². The number of nitrogens with two attached hydrogens (primary N) is 1. The van der Waals surface area contributed by atoms with E-state index in [1.807, 2.05) is 18.3 Å². The van der Waals surface area contributed by atoms with Gasteiger partial charge >= 0.3 is 0 Å². The number of aryl methyl sites for hydroxylation is 2. The lowest BCUT2D eigenvalue weighted by Crippen LogP contribution is -2.01. The van der Waals surface area contributed by atoms with E-state index in [-0.39, 0.29) is 5.91 Å². The Morgan fingerprint density at radius 2 is 1.96 bits per heavy atom. The van der Waals surface area contributed by atoms with Gasteiger partial charge in [0.15, 0.2) is 0 Å². The molecule has 136 valence electrons. The third kappa shape index (κ3) is 3.82. The van der Waals surface area contributed by atoms with Gasteiger partial charge in [-0.1, -0.05) is 6.07 Å². The molecule has 4 aromatic rings. The highest BCUT2D eigenvalue weighted by Crippen LogP contribution is 2.27. The highest BCUT2D eigenvalue weighted by Gasteiger charge is 2.12. The van der Waals surface area contributed by atoms with Crippen molar-refractivity contribution >= 4 is 27.8 Å². The molecule has 6 nitrogen and oxygen atoms in total. The summed E-state index contributed by atoms with van der Waals surface area (Å²) in [5.74, 6) is 0.588. The number of nitrogens with zero attached hydrogens (tertiary/aromatic N) is 2. The zero-order chi connectivity index (χ0) is 19.6. The Kier molecular flexibility index (Phi) is 4.95. The minimum absolute atomic E-state index is 0.333. The van der Waals surface area contributed by atoms with Gasteiger partial charge in [-0.15, -0.1) is 0 Å². The van der Waals surface area contributed by atoms with Crippen LogP contribution in [-0.4, -0.2) is 20.9 Å². The maximum Gasteiger partial charge on any atom is 0.214 e. The molecule has 27 heavy (non-hydrogen) atoms. The largest absolute Gasteiger partial charge is 0.370 e. The Morgan fingerprint density at radius 1 is 1.22 bits per heavy atom. The first kappa shape index (κ1) is 18.2. The number of fused-ring (bicyclic) bond motifs is 2. The lowest BCUT2D eigenvalue weighted by atomic mass is 9.98. The molecular formula is C21H21N5O. The Hall–Kier alpha value is -3.59. The third-order valence-electron chi connectivity index (χ3n) is 4.38. The SMILES string of the molecule is CC(N)=O.Cc1cc(C)c2[nH]ccc2c1Cc1nc2ccc(C#N)cc2[nH]1. The first-order valence-electron chi connectivity index (χ1n) is 8.60. The maximum atomic E-state index is 9.22. The van der Waals surface area contributed by atoms with E-state index >= 15 is 0 Å². The van der Waals surface area contributed by atoms with E-state index in [2.05, 4.69) is 52.7 Å². The molecule has 2 aromatic heterocycles. The van der Waals surface area contributed by atoms with Crippen molar-refractivity contribution in [1.29, 1.82) is 5.26 Å². The third-order valence-corrected chi connectivity index (χ3v) is 4.38. The van der Waals surface area contributed by atoms with Gasteiger partial charge < -0.3 is 15.7 Å². The number of nitriles is 1. The number of aromatic nitrogens is 3. The minimum Gasteiger partial charge on any atom is -0.370 e. The van der Waals surface area contributed by atoms with Crippen LogP contribution in [0.4, 0.5) is 0 Å². The number of hydrogen-bond acceptors (Lipinski definition) is 3. The summed E-state index contributed by atoms with van der Waals surface area (Å²) in [6.07, 6.45) is 2.73. The Bertz CT molecular complexity index is 1170. The number of carbonyl (C=O) groups is 1. The molecule has 2 heterocycles. The average molecular weight is 359 g/mol. The highest BCUT2D eigenvalue weighted by atomic mass is 16.1. The molecule has 0 aliphatic heterocycles. The zero-order valence-corrected chi connectivity index (χ0v) is 15.6. The Labute approximate surface area is 157 Å². The monoisotopic (exact) mass is 359 g/mol. The molecule has 0 saturated carbocycles. The van der Waals surface area contributed by atoms with Crippen LogP contribution >= 0.6 is 0 Å². The predicted molar refractivity (Wildman–Crippen MR) is 106 cm³/mol. The standard InChI is InChI=1S/C19H16N4.C2H5NO/c1-11-7-12(2)19-14(5-6-21-19)15(11)9-18-22-16-4-3-13(10-20)8-17(16)23-18;1-2(3)4/h3-8,21H,9H2,1-2H3,(H,22,23);1H3,(H2,3,4). The number of aromatic amines is 2. The minimum atomic E-state index is -0.333. The zero-order valence-electron chi connectivity index (χ0n) is 15.6. The topological polar surface area (TPSA) is 111 Å². The molecule has 0 bridgehead atoms. The quantitative estimate of drug-likeness (QED) is 0.508. The molecule has 0 aliphatic rings. The number of amides is 1. The Balaban J connectivity index is 0.000000481. The van der Waals surface area contributed by atoms with Crippen molar-refractivity contribution < 1.29 is 4.79 Å². The van der Waals surface area contributed by atoms with Gasteiger partial charge in [0.2, 0.25) is 5.91 Å². The first-order chi connectivity index (χ1) is 12.9. The van der Waals surface area contributed by atoms with Gasteiger partial charge in [-0.2, -0.15) is 5.26 Å². The van der Waals surface area contributed by atoms with Crippen LogP contribution in [0.5, 0.6) is 0 Å². The van der Waals surface area contributed by atoms with Gasteiger partial charge in [-0.3, -0.25) is 4.79 Å². The second-order valence-electron chi connectivity index (χ2n) is 6.57. The second-order valence-corrected chi connectivity index (χ2v) is 6.57. The van der Waals surface area contributed by atoms with E-state index in [4.69, 9.17) is 5.26 Å². The summed E-state index contributed by atoms with van der Waals surface area (Å²) < 4.78 is 0. The summed E-state index contributed by atoms with van der Waals surface area (Å²) in [5.41, 5.74) is 11.9. The number of benzene rings is 2. The van der Waals surface area contributed by atoms with E-state index in [0.29, 0.717) is 5.56 Å². The number of H-pyrrole nitrogens is 2. The van der Waals surface area contributed by atoms with Gasteiger partial charge in [0.1, 0.15) is 5.82 Å². The number of nitrogens with one attached hydrogen (secondary N) is 2. The van der Waals surface area contributed by atoms with Crippen LogP contribution < -0.4 is 5.73 Å². The van der Waals surface area contributed by atoms with Crippen LogP contribution in [0.1, 0.15) is 35.0 Å². The van der Waals surface area contributed by atoms with E-state index in [0.717, 1.165) is 23.3 Å². The van der Waals surface area contributed by atoms with Crippen molar-refractivity contribution in [3.8, 4) is 6.07 Å². The van der Waals surface area contributed by atoms with Crippen LogP contribution in [0.3, 0.4) is 0 Å². The van der Waals surface area contributed by atoms with Crippen LogP contribution in [0.2, 0.25) is 0 Å². The molecule has 0 atom stereocenters. The molecule has 0 spiro atoms. The maximum absolute atomic E-state index is 9.22.